The molecule has 0 bridgehead atoms. The summed E-state index contributed by atoms with van der Waals surface area (Å²) in [6.45, 7) is 0.343. The van der Waals surface area contributed by atoms with E-state index in [0.29, 0.717) is 16.7 Å². The second-order valence-electron chi connectivity index (χ2n) is 6.79. The normalized spacial score (nSPS) is 12.4. The van der Waals surface area contributed by atoms with Crippen LogP contribution in [0, 0.1) is 0 Å². The van der Waals surface area contributed by atoms with E-state index >= 15 is 0 Å². The van der Waals surface area contributed by atoms with E-state index in [1.165, 1.54) is 0 Å². The van der Waals surface area contributed by atoms with Crippen LogP contribution in [0.25, 0.3) is 33.0 Å². The molecule has 5 heteroatoms. The van der Waals surface area contributed by atoms with Crippen LogP contribution in [0.2, 0.25) is 10.0 Å². The van der Waals surface area contributed by atoms with Crippen molar-refractivity contribution >= 4 is 34.0 Å². The van der Waals surface area contributed by atoms with Crippen LogP contribution in [0.15, 0.2) is 60.7 Å². The van der Waals surface area contributed by atoms with Gasteiger partial charge in [-0.25, -0.2) is 0 Å². The summed E-state index contributed by atoms with van der Waals surface area (Å²) in [5.41, 5.74) is 4.56. The zero-order valence-corrected chi connectivity index (χ0v) is 16.1. The monoisotopic (exact) mass is 408 g/mol. The minimum absolute atomic E-state index is 0.176. The van der Waals surface area contributed by atoms with Crippen LogP contribution in [0.4, 0.5) is 0 Å². The Hall–Kier alpha value is -2.88. The number of halogens is 2. The maximum absolute atomic E-state index is 10.1. The van der Waals surface area contributed by atoms with Gasteiger partial charge in [0.05, 0.1) is 10.0 Å². The predicted molar refractivity (Wildman–Crippen MR) is 113 cm³/mol. The Kier molecular flexibility index (Phi) is 3.90. The van der Waals surface area contributed by atoms with E-state index in [0.717, 1.165) is 44.3 Å². The van der Waals surface area contributed by atoms with Crippen LogP contribution < -0.4 is 4.74 Å². The number of ether oxygens (including phenoxy) is 1. The average Bonchev–Trinajstić information content (AvgIpc) is 2.68. The zero-order valence-electron chi connectivity index (χ0n) is 14.5. The summed E-state index contributed by atoms with van der Waals surface area (Å²) < 4.78 is 6.14. The molecule has 0 saturated carbocycles. The Bertz CT molecular complexity index is 1260. The number of rotatable bonds is 1. The Morgan fingerprint density at radius 3 is 2.36 bits per heavy atom. The van der Waals surface area contributed by atoms with Crippen molar-refractivity contribution in [1.29, 1.82) is 0 Å². The number of fused-ring (bicyclic) bond motifs is 4. The minimum Gasteiger partial charge on any atom is -0.508 e. The molecule has 1 heterocycles. The van der Waals surface area contributed by atoms with Crippen LogP contribution in [-0.2, 0) is 6.61 Å². The lowest BCUT2D eigenvalue weighted by atomic mass is 9.88. The van der Waals surface area contributed by atoms with Gasteiger partial charge in [0, 0.05) is 16.7 Å². The van der Waals surface area contributed by atoms with Gasteiger partial charge in [0.25, 0.3) is 0 Å². The Morgan fingerprint density at radius 2 is 1.54 bits per heavy atom. The standard InChI is InChI=1S/C23H14Cl2O3/c24-20-6-2-13(9-21(20)25)22-18-10-16(27)3-1-12(18)8-19-17-5-4-15(26)7-14(17)11-28-23(19)22/h1-10,26-27H,11H2. The topological polar surface area (TPSA) is 49.7 Å². The largest absolute Gasteiger partial charge is 0.508 e. The van der Waals surface area contributed by atoms with Crippen LogP contribution >= 0.6 is 23.2 Å². The van der Waals surface area contributed by atoms with Crippen molar-refractivity contribution in [3.05, 3.63) is 76.3 Å². The van der Waals surface area contributed by atoms with Gasteiger partial charge in [0.1, 0.15) is 23.9 Å². The van der Waals surface area contributed by atoms with E-state index in [2.05, 4.69) is 0 Å². The number of phenolic OH excluding ortho intramolecular Hbond substituents is 2. The Morgan fingerprint density at radius 1 is 0.750 bits per heavy atom. The summed E-state index contributed by atoms with van der Waals surface area (Å²) >= 11 is 12.4. The highest BCUT2D eigenvalue weighted by Crippen LogP contribution is 2.49. The highest BCUT2D eigenvalue weighted by atomic mass is 35.5. The molecular weight excluding hydrogens is 395 g/mol. The van der Waals surface area contributed by atoms with Gasteiger partial charge >= 0.3 is 0 Å². The first-order valence-corrected chi connectivity index (χ1v) is 9.47. The third-order valence-corrected chi connectivity index (χ3v) is 5.78. The van der Waals surface area contributed by atoms with Gasteiger partial charge in [-0.3, -0.25) is 0 Å². The molecule has 0 unspecified atom stereocenters. The van der Waals surface area contributed by atoms with Crippen LogP contribution in [0.1, 0.15) is 5.56 Å². The molecule has 3 nitrogen and oxygen atoms in total. The number of aromatic hydroxyl groups is 2. The molecule has 2 N–H and O–H groups in total. The maximum atomic E-state index is 10.1. The van der Waals surface area contributed by atoms with E-state index in [-0.39, 0.29) is 11.5 Å². The molecule has 0 fully saturated rings. The lowest BCUT2D eigenvalue weighted by Crippen LogP contribution is -2.07. The predicted octanol–water partition coefficient (Wildman–Crippen LogP) is 6.78. The van der Waals surface area contributed by atoms with Gasteiger partial charge in [-0.1, -0.05) is 41.4 Å². The first-order valence-electron chi connectivity index (χ1n) is 8.71. The van der Waals surface area contributed by atoms with Gasteiger partial charge in [-0.2, -0.15) is 0 Å². The van der Waals surface area contributed by atoms with Gasteiger partial charge in [-0.05, 0) is 64.4 Å². The van der Waals surface area contributed by atoms with Crippen molar-refractivity contribution in [3.63, 3.8) is 0 Å². The fourth-order valence-electron chi connectivity index (χ4n) is 3.77. The molecule has 1 aliphatic heterocycles. The number of hydrogen-bond donors (Lipinski definition) is 2. The molecule has 0 saturated heterocycles. The zero-order chi connectivity index (χ0) is 19.4. The first-order chi connectivity index (χ1) is 13.5. The van der Waals surface area contributed by atoms with Crippen molar-refractivity contribution < 1.29 is 14.9 Å². The molecular formula is C23H14Cl2O3. The van der Waals surface area contributed by atoms with Crippen molar-refractivity contribution in [2.75, 3.05) is 0 Å². The molecule has 5 rings (SSSR count). The fraction of sp³-hybridized carbons (Fsp3) is 0.0435. The summed E-state index contributed by atoms with van der Waals surface area (Å²) in [4.78, 5) is 0. The third-order valence-electron chi connectivity index (χ3n) is 5.04. The molecule has 0 radical (unpaired) electrons. The molecule has 4 aromatic carbocycles. The second kappa shape index (κ2) is 6.33. The van der Waals surface area contributed by atoms with Gasteiger partial charge < -0.3 is 14.9 Å². The number of phenols is 2. The lowest BCUT2D eigenvalue weighted by molar-refractivity contribution is 0.303. The third kappa shape index (κ3) is 2.67. The van der Waals surface area contributed by atoms with Crippen molar-refractivity contribution in [3.8, 4) is 39.5 Å². The maximum Gasteiger partial charge on any atom is 0.136 e. The second-order valence-corrected chi connectivity index (χ2v) is 7.61. The van der Waals surface area contributed by atoms with Crippen molar-refractivity contribution in [2.45, 2.75) is 6.61 Å². The molecule has 0 aromatic heterocycles. The minimum atomic E-state index is 0.176. The van der Waals surface area contributed by atoms with E-state index < -0.39 is 0 Å². The number of benzene rings is 4. The van der Waals surface area contributed by atoms with Crippen molar-refractivity contribution in [1.82, 2.24) is 0 Å². The molecule has 1 aliphatic rings. The summed E-state index contributed by atoms with van der Waals surface area (Å²) in [7, 11) is 0. The van der Waals surface area contributed by atoms with Gasteiger partial charge in [0.15, 0.2) is 0 Å². The van der Waals surface area contributed by atoms with Gasteiger partial charge in [0.2, 0.25) is 0 Å². The molecule has 28 heavy (non-hydrogen) atoms. The summed E-state index contributed by atoms with van der Waals surface area (Å²) in [5, 5.41) is 22.6. The van der Waals surface area contributed by atoms with E-state index in [1.807, 2.05) is 24.3 Å². The molecule has 4 aromatic rings. The molecule has 0 atom stereocenters. The van der Waals surface area contributed by atoms with E-state index in [9.17, 15) is 10.2 Å². The number of hydrogen-bond acceptors (Lipinski definition) is 3. The first kappa shape index (κ1) is 17.2. The van der Waals surface area contributed by atoms with Crippen LogP contribution in [0.5, 0.6) is 17.2 Å². The Balaban J connectivity index is 1.89. The van der Waals surface area contributed by atoms with Crippen molar-refractivity contribution in [2.24, 2.45) is 0 Å². The highest BCUT2D eigenvalue weighted by molar-refractivity contribution is 6.42. The van der Waals surface area contributed by atoms with Crippen LogP contribution in [0.3, 0.4) is 0 Å². The Labute approximate surface area is 171 Å². The smallest absolute Gasteiger partial charge is 0.136 e. The molecule has 0 aliphatic carbocycles. The SMILES string of the molecule is Oc1ccc2c(c1)COc1c-2cc2ccc(O)cc2c1-c1ccc(Cl)c(Cl)c1. The lowest BCUT2D eigenvalue weighted by Gasteiger charge is -2.25. The highest BCUT2D eigenvalue weighted by Gasteiger charge is 2.24. The van der Waals surface area contributed by atoms with Crippen LogP contribution in [-0.4, -0.2) is 10.2 Å². The quantitative estimate of drug-likeness (QED) is 0.364. The summed E-state index contributed by atoms with van der Waals surface area (Å²) in [6.07, 6.45) is 0. The molecule has 138 valence electrons. The summed E-state index contributed by atoms with van der Waals surface area (Å²) in [5.74, 6) is 1.10. The summed E-state index contributed by atoms with van der Waals surface area (Å²) in [6, 6.07) is 18.0. The molecule has 0 spiro atoms. The van der Waals surface area contributed by atoms with Gasteiger partial charge in [-0.15, -0.1) is 0 Å². The van der Waals surface area contributed by atoms with E-state index in [1.54, 1.807) is 36.4 Å². The van der Waals surface area contributed by atoms with E-state index in [4.69, 9.17) is 27.9 Å². The molecule has 0 amide bonds. The average molecular weight is 409 g/mol. The fourth-order valence-corrected chi connectivity index (χ4v) is 4.06.